The zero-order valence-electron chi connectivity index (χ0n) is 58.6. The van der Waals surface area contributed by atoms with Crippen LogP contribution in [0.5, 0.6) is 0 Å². The molecule has 0 fully saturated rings. The number of ether oxygens (including phenoxy) is 1. The van der Waals surface area contributed by atoms with Gasteiger partial charge in [-0.3, -0.25) is 9.59 Å². The molecule has 0 aromatic rings. The van der Waals surface area contributed by atoms with Crippen molar-refractivity contribution in [2.75, 3.05) is 13.2 Å². The second-order valence-electron chi connectivity index (χ2n) is 27.4. The van der Waals surface area contributed by atoms with Gasteiger partial charge < -0.3 is 20.3 Å². The Kier molecular flexibility index (Phi) is 74.3. The summed E-state index contributed by atoms with van der Waals surface area (Å²) >= 11 is 0. The van der Waals surface area contributed by atoms with E-state index >= 15 is 0 Å². The number of allylic oxidation sites excluding steroid dienone is 3. The SMILES string of the molecule is CCCCCCCC/C=C\CCCCCCCCCC(=O)OCCCCCCCCCCCCCCCCCCCCCCCCCCCCCCCCCCCCCCCCCC(=O)NC(CO)C(O)/C=C/CCCCCCCCCCCCC. The van der Waals surface area contributed by atoms with E-state index in [1.54, 1.807) is 6.08 Å². The monoisotopic (exact) mass is 1210 g/mol. The summed E-state index contributed by atoms with van der Waals surface area (Å²) in [5.41, 5.74) is 0. The lowest BCUT2D eigenvalue weighted by atomic mass is 10.0. The van der Waals surface area contributed by atoms with Gasteiger partial charge in [0.05, 0.1) is 25.4 Å². The molecule has 1 amide bonds. The van der Waals surface area contributed by atoms with Crippen molar-refractivity contribution in [1.82, 2.24) is 5.32 Å². The quantitative estimate of drug-likeness (QED) is 0.0320. The Morgan fingerprint density at radius 3 is 0.826 bits per heavy atom. The molecular formula is C80H155NO5. The largest absolute Gasteiger partial charge is 0.466 e. The number of unbranched alkanes of at least 4 members (excludes halogenated alkanes) is 62. The Morgan fingerprint density at radius 2 is 0.547 bits per heavy atom. The van der Waals surface area contributed by atoms with E-state index in [0.29, 0.717) is 19.4 Å². The molecule has 2 atom stereocenters. The molecule has 86 heavy (non-hydrogen) atoms. The Labute approximate surface area is 539 Å². The Hall–Kier alpha value is -1.66. The molecule has 510 valence electrons. The molecule has 0 aliphatic heterocycles. The lowest BCUT2D eigenvalue weighted by Crippen LogP contribution is -2.45. The van der Waals surface area contributed by atoms with Crippen LogP contribution in [0.2, 0.25) is 0 Å². The maximum Gasteiger partial charge on any atom is 0.305 e. The maximum absolute atomic E-state index is 12.5. The highest BCUT2D eigenvalue weighted by molar-refractivity contribution is 5.76. The van der Waals surface area contributed by atoms with Gasteiger partial charge in [0.2, 0.25) is 5.91 Å². The van der Waals surface area contributed by atoms with Crippen LogP contribution in [-0.4, -0.2) is 47.4 Å². The molecule has 0 spiro atoms. The molecule has 0 aromatic heterocycles. The van der Waals surface area contributed by atoms with Crippen molar-refractivity contribution in [2.45, 2.75) is 463 Å². The normalized spacial score (nSPS) is 12.6. The van der Waals surface area contributed by atoms with Gasteiger partial charge in [-0.25, -0.2) is 0 Å². The van der Waals surface area contributed by atoms with Crippen molar-refractivity contribution in [3.05, 3.63) is 24.3 Å². The summed E-state index contributed by atoms with van der Waals surface area (Å²) in [6.07, 6.45) is 97.5. The predicted octanol–water partition coefficient (Wildman–Crippen LogP) is 26.0. The van der Waals surface area contributed by atoms with Gasteiger partial charge in [0.25, 0.3) is 0 Å². The average Bonchev–Trinajstić information content (AvgIpc) is 3.54. The molecule has 0 saturated heterocycles. The van der Waals surface area contributed by atoms with E-state index in [4.69, 9.17) is 4.74 Å². The highest BCUT2D eigenvalue weighted by atomic mass is 16.5. The van der Waals surface area contributed by atoms with Gasteiger partial charge in [0.1, 0.15) is 0 Å². The van der Waals surface area contributed by atoms with Gasteiger partial charge >= 0.3 is 5.97 Å². The summed E-state index contributed by atoms with van der Waals surface area (Å²) < 4.78 is 5.51. The standard InChI is InChI=1S/C80H155NO5/c1-3-5-7-9-11-13-15-17-18-42-46-50-54-58-62-66-70-74-80(85)86-75-71-67-63-59-55-51-47-44-41-39-37-35-33-31-29-27-25-23-21-19-20-22-24-26-28-30-32-34-36-38-40-43-45-49-53-57-61-65-69-73-79(84)81-77(76-82)78(83)72-68-64-60-56-52-48-16-14-12-10-8-6-4-2/h17-18,68,72,77-78,82-83H,3-16,19-67,69-71,73-76H2,1-2H3,(H,81,84)/b18-17-,72-68+. The van der Waals surface area contributed by atoms with E-state index in [9.17, 15) is 19.8 Å². The minimum Gasteiger partial charge on any atom is -0.466 e. The molecule has 0 rings (SSSR count). The van der Waals surface area contributed by atoms with Crippen LogP contribution in [0, 0.1) is 0 Å². The number of carbonyl (C=O) groups is 2. The fraction of sp³-hybridized carbons (Fsp3) is 0.925. The van der Waals surface area contributed by atoms with Crippen LogP contribution in [0.15, 0.2) is 24.3 Å². The first-order valence-electron chi connectivity index (χ1n) is 39.6. The van der Waals surface area contributed by atoms with Crippen LogP contribution in [0.4, 0.5) is 0 Å². The van der Waals surface area contributed by atoms with Crippen molar-refractivity contribution >= 4 is 11.9 Å². The number of amides is 1. The Balaban J connectivity index is 3.28. The summed E-state index contributed by atoms with van der Waals surface area (Å²) in [5.74, 6) is -0.0384. The maximum atomic E-state index is 12.5. The Bertz CT molecular complexity index is 1350. The predicted molar refractivity (Wildman–Crippen MR) is 380 cm³/mol. The van der Waals surface area contributed by atoms with Crippen LogP contribution in [0.25, 0.3) is 0 Å². The van der Waals surface area contributed by atoms with Crippen LogP contribution >= 0.6 is 0 Å². The number of rotatable bonds is 75. The molecule has 0 aromatic carbocycles. The molecule has 6 nitrogen and oxygen atoms in total. The fourth-order valence-corrected chi connectivity index (χ4v) is 12.7. The van der Waals surface area contributed by atoms with Crippen molar-refractivity contribution in [3.63, 3.8) is 0 Å². The van der Waals surface area contributed by atoms with Crippen molar-refractivity contribution in [1.29, 1.82) is 0 Å². The molecule has 0 aliphatic carbocycles. The zero-order chi connectivity index (χ0) is 62.0. The van der Waals surface area contributed by atoms with E-state index < -0.39 is 12.1 Å². The van der Waals surface area contributed by atoms with Crippen molar-refractivity contribution in [2.24, 2.45) is 0 Å². The summed E-state index contributed by atoms with van der Waals surface area (Å²) in [4.78, 5) is 24.6. The lowest BCUT2D eigenvalue weighted by Gasteiger charge is -2.20. The van der Waals surface area contributed by atoms with E-state index in [0.717, 1.165) is 38.5 Å². The molecule has 0 bridgehead atoms. The Morgan fingerprint density at radius 1 is 0.314 bits per heavy atom. The van der Waals surface area contributed by atoms with E-state index in [-0.39, 0.29) is 18.5 Å². The van der Waals surface area contributed by atoms with Crippen LogP contribution in [0.3, 0.4) is 0 Å². The molecule has 6 heteroatoms. The number of nitrogens with one attached hydrogen (secondary N) is 1. The highest BCUT2D eigenvalue weighted by Gasteiger charge is 2.18. The number of hydrogen-bond acceptors (Lipinski definition) is 5. The summed E-state index contributed by atoms with van der Waals surface area (Å²) in [7, 11) is 0. The topological polar surface area (TPSA) is 95.9 Å². The van der Waals surface area contributed by atoms with E-state index in [1.165, 1.54) is 385 Å². The number of esters is 1. The van der Waals surface area contributed by atoms with Crippen molar-refractivity contribution in [3.8, 4) is 0 Å². The van der Waals surface area contributed by atoms with Crippen LogP contribution in [0.1, 0.15) is 450 Å². The summed E-state index contributed by atoms with van der Waals surface area (Å²) in [6.45, 7) is 4.94. The van der Waals surface area contributed by atoms with Gasteiger partial charge in [0.15, 0.2) is 0 Å². The summed E-state index contributed by atoms with van der Waals surface area (Å²) in [6, 6.07) is -0.622. The molecule has 3 N–H and O–H groups in total. The molecule has 0 radical (unpaired) electrons. The molecule has 2 unspecified atom stereocenters. The third-order valence-electron chi connectivity index (χ3n) is 18.7. The minimum absolute atomic E-state index is 0.0214. The lowest BCUT2D eigenvalue weighted by molar-refractivity contribution is -0.143. The fourth-order valence-electron chi connectivity index (χ4n) is 12.7. The first-order chi connectivity index (χ1) is 42.5. The second kappa shape index (κ2) is 75.8. The van der Waals surface area contributed by atoms with Gasteiger partial charge in [-0.2, -0.15) is 0 Å². The molecule has 0 aliphatic rings. The minimum atomic E-state index is -0.839. The third-order valence-corrected chi connectivity index (χ3v) is 18.7. The zero-order valence-corrected chi connectivity index (χ0v) is 58.6. The van der Waals surface area contributed by atoms with Crippen LogP contribution in [-0.2, 0) is 14.3 Å². The number of carbonyl (C=O) groups excluding carboxylic acids is 2. The van der Waals surface area contributed by atoms with Gasteiger partial charge in [0, 0.05) is 12.8 Å². The molecule has 0 saturated carbocycles. The first-order valence-corrected chi connectivity index (χ1v) is 39.6. The number of aliphatic hydroxyl groups is 2. The second-order valence-corrected chi connectivity index (χ2v) is 27.4. The van der Waals surface area contributed by atoms with Crippen molar-refractivity contribution < 1.29 is 24.5 Å². The van der Waals surface area contributed by atoms with Gasteiger partial charge in [-0.05, 0) is 57.8 Å². The summed E-state index contributed by atoms with van der Waals surface area (Å²) in [5, 5.41) is 23.1. The molecular weight excluding hydrogens is 1050 g/mol. The van der Waals surface area contributed by atoms with Crippen LogP contribution < -0.4 is 5.32 Å². The highest BCUT2D eigenvalue weighted by Crippen LogP contribution is 2.20. The molecule has 0 heterocycles. The first kappa shape index (κ1) is 84.3. The van der Waals surface area contributed by atoms with Gasteiger partial charge in [-0.1, -0.05) is 404 Å². The average molecular weight is 1210 g/mol. The number of aliphatic hydroxyl groups excluding tert-OH is 2. The number of hydrogen-bond donors (Lipinski definition) is 3. The van der Waals surface area contributed by atoms with E-state index in [2.05, 4.69) is 31.3 Å². The third kappa shape index (κ3) is 71.4. The van der Waals surface area contributed by atoms with E-state index in [1.807, 2.05) is 6.08 Å². The smallest absolute Gasteiger partial charge is 0.305 e. The van der Waals surface area contributed by atoms with Gasteiger partial charge in [-0.15, -0.1) is 0 Å².